The van der Waals surface area contributed by atoms with E-state index in [4.69, 9.17) is 16.3 Å². The second-order valence-corrected chi connectivity index (χ2v) is 4.50. The lowest BCUT2D eigenvalue weighted by Crippen LogP contribution is -2.01. The van der Waals surface area contributed by atoms with Crippen LogP contribution in [0.4, 0.5) is 5.82 Å². The highest BCUT2D eigenvalue weighted by molar-refractivity contribution is 6.30. The van der Waals surface area contributed by atoms with Crippen molar-refractivity contribution in [3.63, 3.8) is 0 Å². The van der Waals surface area contributed by atoms with E-state index in [1.54, 1.807) is 18.2 Å². The summed E-state index contributed by atoms with van der Waals surface area (Å²) in [6.45, 7) is 2.09. The Kier molecular flexibility index (Phi) is 4.58. The van der Waals surface area contributed by atoms with E-state index < -0.39 is 0 Å². The van der Waals surface area contributed by atoms with Gasteiger partial charge in [0.2, 0.25) is 5.88 Å². The van der Waals surface area contributed by atoms with Crippen LogP contribution in [0.2, 0.25) is 5.02 Å². The Labute approximate surface area is 117 Å². The molecule has 0 bridgehead atoms. The Morgan fingerprint density at radius 1 is 1.26 bits per heavy atom. The molecular weight excluding hydrogens is 262 g/mol. The number of rotatable bonds is 5. The average molecular weight is 278 g/mol. The molecule has 0 fully saturated rings. The van der Waals surface area contributed by atoms with Crippen molar-refractivity contribution < 1.29 is 4.74 Å². The predicted octanol–water partition coefficient (Wildman–Crippen LogP) is 3.92. The Balaban J connectivity index is 2.26. The van der Waals surface area contributed by atoms with E-state index in [9.17, 15) is 0 Å². The summed E-state index contributed by atoms with van der Waals surface area (Å²) in [4.78, 5) is 8.75. The maximum Gasteiger partial charge on any atom is 0.224 e. The highest BCUT2D eigenvalue weighted by atomic mass is 35.5. The maximum atomic E-state index is 5.93. The molecule has 100 valence electrons. The number of benzene rings is 1. The molecule has 0 saturated carbocycles. The van der Waals surface area contributed by atoms with Crippen molar-refractivity contribution in [3.8, 4) is 11.6 Å². The number of hydrogen-bond donors (Lipinski definition) is 1. The van der Waals surface area contributed by atoms with Gasteiger partial charge in [-0.25, -0.2) is 4.98 Å². The molecule has 0 aliphatic rings. The SMILES string of the molecule is CCCc1nc(NC)cc(Oc2cccc(Cl)c2)n1. The quantitative estimate of drug-likeness (QED) is 0.900. The van der Waals surface area contributed by atoms with E-state index in [0.717, 1.165) is 24.5 Å². The number of aromatic nitrogens is 2. The van der Waals surface area contributed by atoms with Crippen LogP contribution < -0.4 is 10.1 Å². The largest absolute Gasteiger partial charge is 0.439 e. The zero-order valence-electron chi connectivity index (χ0n) is 11.0. The highest BCUT2D eigenvalue weighted by Crippen LogP contribution is 2.24. The van der Waals surface area contributed by atoms with Crippen LogP contribution in [0.15, 0.2) is 30.3 Å². The second-order valence-electron chi connectivity index (χ2n) is 4.07. The first-order chi connectivity index (χ1) is 9.21. The first-order valence-corrected chi connectivity index (χ1v) is 6.58. The normalized spacial score (nSPS) is 10.3. The summed E-state index contributed by atoms with van der Waals surface area (Å²) in [6.07, 6.45) is 1.81. The molecular formula is C14H16ClN3O. The maximum absolute atomic E-state index is 5.93. The zero-order valence-corrected chi connectivity index (χ0v) is 11.7. The summed E-state index contributed by atoms with van der Waals surface area (Å²) >= 11 is 5.93. The minimum absolute atomic E-state index is 0.519. The average Bonchev–Trinajstić information content (AvgIpc) is 2.39. The van der Waals surface area contributed by atoms with Crippen molar-refractivity contribution in [1.29, 1.82) is 0 Å². The predicted molar refractivity (Wildman–Crippen MR) is 77.1 cm³/mol. The molecule has 0 spiro atoms. The number of nitrogens with one attached hydrogen (secondary N) is 1. The third-order valence-electron chi connectivity index (χ3n) is 2.50. The third-order valence-corrected chi connectivity index (χ3v) is 2.73. The molecule has 0 saturated heterocycles. The van der Waals surface area contributed by atoms with Crippen LogP contribution in [0.25, 0.3) is 0 Å². The third kappa shape index (κ3) is 3.83. The fraction of sp³-hybridized carbons (Fsp3) is 0.286. The molecule has 0 aliphatic carbocycles. The van der Waals surface area contributed by atoms with Crippen LogP contribution in [0.3, 0.4) is 0 Å². The molecule has 0 amide bonds. The van der Waals surface area contributed by atoms with Gasteiger partial charge in [0, 0.05) is 24.6 Å². The fourth-order valence-electron chi connectivity index (χ4n) is 1.64. The van der Waals surface area contributed by atoms with E-state index >= 15 is 0 Å². The van der Waals surface area contributed by atoms with E-state index in [2.05, 4.69) is 22.2 Å². The number of nitrogens with zero attached hydrogens (tertiary/aromatic N) is 2. The van der Waals surface area contributed by atoms with Crippen LogP contribution in [-0.2, 0) is 6.42 Å². The monoisotopic (exact) mass is 277 g/mol. The topological polar surface area (TPSA) is 47.0 Å². The molecule has 0 atom stereocenters. The Morgan fingerprint density at radius 3 is 2.79 bits per heavy atom. The minimum atomic E-state index is 0.519. The lowest BCUT2D eigenvalue weighted by molar-refractivity contribution is 0.459. The van der Waals surface area contributed by atoms with Gasteiger partial charge in [0.15, 0.2) is 0 Å². The van der Waals surface area contributed by atoms with E-state index in [1.807, 2.05) is 19.2 Å². The number of ether oxygens (including phenoxy) is 1. The smallest absolute Gasteiger partial charge is 0.224 e. The molecule has 2 rings (SSSR count). The van der Waals surface area contributed by atoms with Crippen molar-refractivity contribution in [1.82, 2.24) is 9.97 Å². The molecule has 19 heavy (non-hydrogen) atoms. The van der Waals surface area contributed by atoms with Gasteiger partial charge in [-0.1, -0.05) is 24.6 Å². The number of halogens is 1. The Hall–Kier alpha value is -1.81. The fourth-order valence-corrected chi connectivity index (χ4v) is 1.82. The van der Waals surface area contributed by atoms with Gasteiger partial charge in [0.25, 0.3) is 0 Å². The van der Waals surface area contributed by atoms with Gasteiger partial charge >= 0.3 is 0 Å². The summed E-state index contributed by atoms with van der Waals surface area (Å²) in [5.41, 5.74) is 0. The van der Waals surface area contributed by atoms with Crippen LogP contribution in [0.5, 0.6) is 11.6 Å². The van der Waals surface area contributed by atoms with Gasteiger partial charge in [-0.2, -0.15) is 4.98 Å². The van der Waals surface area contributed by atoms with Gasteiger partial charge in [-0.15, -0.1) is 0 Å². The lowest BCUT2D eigenvalue weighted by atomic mass is 10.3. The van der Waals surface area contributed by atoms with Crippen LogP contribution in [0, 0.1) is 0 Å². The first-order valence-electron chi connectivity index (χ1n) is 6.20. The number of aryl methyl sites for hydroxylation is 1. The van der Waals surface area contributed by atoms with Gasteiger partial charge < -0.3 is 10.1 Å². The Morgan fingerprint density at radius 2 is 2.11 bits per heavy atom. The molecule has 5 heteroatoms. The standard InChI is InChI=1S/C14H16ClN3O/c1-3-5-12-17-13(16-2)9-14(18-12)19-11-7-4-6-10(15)8-11/h4,6-9H,3,5H2,1-2H3,(H,16,17,18). The van der Waals surface area contributed by atoms with Crippen LogP contribution in [0.1, 0.15) is 19.2 Å². The van der Waals surface area contributed by atoms with Crippen molar-refractivity contribution in [2.45, 2.75) is 19.8 Å². The summed E-state index contributed by atoms with van der Waals surface area (Å²) in [5, 5.41) is 3.64. The van der Waals surface area contributed by atoms with Crippen LogP contribution in [-0.4, -0.2) is 17.0 Å². The molecule has 0 aliphatic heterocycles. The molecule has 2 aromatic rings. The van der Waals surface area contributed by atoms with Crippen molar-refractivity contribution in [2.75, 3.05) is 12.4 Å². The molecule has 1 N–H and O–H groups in total. The Bertz CT molecular complexity index is 560. The van der Waals surface area contributed by atoms with Crippen LogP contribution >= 0.6 is 11.6 Å². The van der Waals surface area contributed by atoms with Gasteiger partial charge in [-0.3, -0.25) is 0 Å². The summed E-state index contributed by atoms with van der Waals surface area (Å²) in [7, 11) is 1.82. The molecule has 1 aromatic carbocycles. The lowest BCUT2D eigenvalue weighted by Gasteiger charge is -2.08. The van der Waals surface area contributed by atoms with Crippen molar-refractivity contribution in [3.05, 3.63) is 41.2 Å². The second kappa shape index (κ2) is 6.38. The van der Waals surface area contributed by atoms with Crippen molar-refractivity contribution >= 4 is 17.4 Å². The zero-order chi connectivity index (χ0) is 13.7. The molecule has 1 heterocycles. The summed E-state index contributed by atoms with van der Waals surface area (Å²) < 4.78 is 5.71. The molecule has 0 radical (unpaired) electrons. The summed E-state index contributed by atoms with van der Waals surface area (Å²) in [6, 6.07) is 9.00. The summed E-state index contributed by atoms with van der Waals surface area (Å²) in [5.74, 6) is 2.70. The van der Waals surface area contributed by atoms with E-state index in [0.29, 0.717) is 16.7 Å². The molecule has 1 aromatic heterocycles. The van der Waals surface area contributed by atoms with Gasteiger partial charge in [0.05, 0.1) is 0 Å². The minimum Gasteiger partial charge on any atom is -0.439 e. The van der Waals surface area contributed by atoms with E-state index in [-0.39, 0.29) is 0 Å². The van der Waals surface area contributed by atoms with Gasteiger partial charge in [0.1, 0.15) is 17.4 Å². The molecule has 4 nitrogen and oxygen atoms in total. The molecule has 0 unspecified atom stereocenters. The highest BCUT2D eigenvalue weighted by Gasteiger charge is 2.06. The number of anilines is 1. The number of hydrogen-bond acceptors (Lipinski definition) is 4. The van der Waals surface area contributed by atoms with Gasteiger partial charge in [-0.05, 0) is 24.6 Å². The first kappa shape index (κ1) is 13.6. The van der Waals surface area contributed by atoms with Crippen molar-refractivity contribution in [2.24, 2.45) is 0 Å². The van der Waals surface area contributed by atoms with E-state index in [1.165, 1.54) is 0 Å².